The standard InChI is InChI=1S/C19H32N2O2/c22-18(15-7-3-4-8-15)20-17-11-9-16(10-12-17)19(23)21-13-5-1-2-6-14-21/h15-17H,1-14H2,(H,20,22). The first-order valence-corrected chi connectivity index (χ1v) is 9.83. The Balaban J connectivity index is 1.42. The molecular weight excluding hydrogens is 288 g/mol. The minimum absolute atomic E-state index is 0.202. The first-order chi connectivity index (χ1) is 11.2. The van der Waals surface area contributed by atoms with Crippen LogP contribution in [0.3, 0.4) is 0 Å². The first kappa shape index (κ1) is 16.8. The van der Waals surface area contributed by atoms with E-state index < -0.39 is 0 Å². The highest BCUT2D eigenvalue weighted by molar-refractivity contribution is 5.80. The molecule has 0 spiro atoms. The van der Waals surface area contributed by atoms with Crippen LogP contribution in [0.4, 0.5) is 0 Å². The van der Waals surface area contributed by atoms with Gasteiger partial charge in [-0.1, -0.05) is 25.7 Å². The van der Waals surface area contributed by atoms with Crippen molar-refractivity contribution >= 4 is 11.8 Å². The molecule has 0 aromatic carbocycles. The van der Waals surface area contributed by atoms with Gasteiger partial charge in [0.1, 0.15) is 0 Å². The largest absolute Gasteiger partial charge is 0.353 e. The molecule has 0 radical (unpaired) electrons. The van der Waals surface area contributed by atoms with Crippen molar-refractivity contribution in [1.82, 2.24) is 10.2 Å². The zero-order valence-electron chi connectivity index (χ0n) is 14.4. The third kappa shape index (κ3) is 4.48. The predicted molar refractivity (Wildman–Crippen MR) is 90.9 cm³/mol. The van der Waals surface area contributed by atoms with Crippen molar-refractivity contribution in [3.05, 3.63) is 0 Å². The number of hydrogen-bond donors (Lipinski definition) is 1. The maximum absolute atomic E-state index is 12.7. The van der Waals surface area contributed by atoms with Crippen molar-refractivity contribution in [2.24, 2.45) is 11.8 Å². The lowest BCUT2D eigenvalue weighted by atomic mass is 9.84. The summed E-state index contributed by atoms with van der Waals surface area (Å²) in [5.41, 5.74) is 0. The highest BCUT2D eigenvalue weighted by Gasteiger charge is 2.31. The summed E-state index contributed by atoms with van der Waals surface area (Å²) in [7, 11) is 0. The summed E-state index contributed by atoms with van der Waals surface area (Å²) in [6.07, 6.45) is 13.2. The molecule has 0 unspecified atom stereocenters. The monoisotopic (exact) mass is 320 g/mol. The average molecular weight is 320 g/mol. The molecule has 4 heteroatoms. The van der Waals surface area contributed by atoms with Gasteiger partial charge in [-0.15, -0.1) is 0 Å². The number of carbonyl (C=O) groups excluding carboxylic acids is 2. The topological polar surface area (TPSA) is 49.4 Å². The van der Waals surface area contributed by atoms with E-state index in [1.165, 1.54) is 38.5 Å². The van der Waals surface area contributed by atoms with E-state index in [9.17, 15) is 9.59 Å². The van der Waals surface area contributed by atoms with Crippen LogP contribution in [0, 0.1) is 11.8 Å². The number of nitrogens with one attached hydrogen (secondary N) is 1. The summed E-state index contributed by atoms with van der Waals surface area (Å²) in [6.45, 7) is 1.91. The van der Waals surface area contributed by atoms with Crippen LogP contribution in [0.2, 0.25) is 0 Å². The number of carbonyl (C=O) groups is 2. The second-order valence-electron chi connectivity index (χ2n) is 7.78. The predicted octanol–water partition coefficient (Wildman–Crippen LogP) is 3.25. The third-order valence-electron chi connectivity index (χ3n) is 6.07. The molecule has 0 aromatic rings. The molecular formula is C19H32N2O2. The molecule has 1 aliphatic heterocycles. The van der Waals surface area contributed by atoms with Crippen molar-refractivity contribution < 1.29 is 9.59 Å². The number of rotatable bonds is 3. The van der Waals surface area contributed by atoms with Gasteiger partial charge in [0.2, 0.25) is 11.8 Å². The SMILES string of the molecule is O=C(NC1CCC(C(=O)N2CCCCCC2)CC1)C1CCCC1. The Bertz CT molecular complexity index is 402. The summed E-state index contributed by atoms with van der Waals surface area (Å²) in [5.74, 6) is 1.11. The van der Waals surface area contributed by atoms with E-state index in [-0.39, 0.29) is 17.7 Å². The van der Waals surface area contributed by atoms with Crippen LogP contribution in [-0.4, -0.2) is 35.8 Å². The molecule has 130 valence electrons. The second-order valence-corrected chi connectivity index (χ2v) is 7.78. The van der Waals surface area contributed by atoms with E-state index >= 15 is 0 Å². The van der Waals surface area contributed by atoms with Gasteiger partial charge in [0, 0.05) is 31.0 Å². The molecule has 0 atom stereocenters. The zero-order valence-corrected chi connectivity index (χ0v) is 14.4. The summed E-state index contributed by atoms with van der Waals surface area (Å²) in [5, 5.41) is 3.25. The Morgan fingerprint density at radius 3 is 1.91 bits per heavy atom. The highest BCUT2D eigenvalue weighted by atomic mass is 16.2. The van der Waals surface area contributed by atoms with Gasteiger partial charge in [-0.3, -0.25) is 9.59 Å². The molecule has 2 saturated carbocycles. The fourth-order valence-corrected chi connectivity index (χ4v) is 4.54. The smallest absolute Gasteiger partial charge is 0.225 e. The quantitative estimate of drug-likeness (QED) is 0.868. The van der Waals surface area contributed by atoms with E-state index in [4.69, 9.17) is 0 Å². The fourth-order valence-electron chi connectivity index (χ4n) is 4.54. The third-order valence-corrected chi connectivity index (χ3v) is 6.07. The lowest BCUT2D eigenvalue weighted by Crippen LogP contribution is -2.43. The molecule has 0 aromatic heterocycles. The zero-order chi connectivity index (χ0) is 16.1. The number of nitrogens with zero attached hydrogens (tertiary/aromatic N) is 1. The Morgan fingerprint density at radius 1 is 0.696 bits per heavy atom. The molecule has 1 saturated heterocycles. The van der Waals surface area contributed by atoms with Crippen molar-refractivity contribution in [2.45, 2.75) is 83.1 Å². The van der Waals surface area contributed by atoms with E-state index in [1.807, 2.05) is 0 Å². The van der Waals surface area contributed by atoms with Gasteiger partial charge in [0.15, 0.2) is 0 Å². The van der Waals surface area contributed by atoms with Gasteiger partial charge >= 0.3 is 0 Å². The molecule has 3 rings (SSSR count). The summed E-state index contributed by atoms with van der Waals surface area (Å²) >= 11 is 0. The molecule has 3 aliphatic rings. The Hall–Kier alpha value is -1.06. The molecule has 0 bridgehead atoms. The van der Waals surface area contributed by atoms with Gasteiger partial charge in [0.25, 0.3) is 0 Å². The highest BCUT2D eigenvalue weighted by Crippen LogP contribution is 2.29. The molecule has 3 fully saturated rings. The van der Waals surface area contributed by atoms with Crippen molar-refractivity contribution in [1.29, 1.82) is 0 Å². The second kappa shape index (κ2) is 8.16. The van der Waals surface area contributed by atoms with E-state index in [1.54, 1.807) is 0 Å². The van der Waals surface area contributed by atoms with Crippen molar-refractivity contribution in [3.63, 3.8) is 0 Å². The molecule has 4 nitrogen and oxygen atoms in total. The van der Waals surface area contributed by atoms with Crippen LogP contribution in [0.15, 0.2) is 0 Å². The Kier molecular flexibility index (Phi) is 5.96. The van der Waals surface area contributed by atoms with E-state index in [0.717, 1.165) is 51.6 Å². The van der Waals surface area contributed by atoms with Gasteiger partial charge in [-0.25, -0.2) is 0 Å². The van der Waals surface area contributed by atoms with Crippen LogP contribution in [0.1, 0.15) is 77.0 Å². The van der Waals surface area contributed by atoms with Gasteiger partial charge in [-0.2, -0.15) is 0 Å². The molecule has 1 N–H and O–H groups in total. The maximum Gasteiger partial charge on any atom is 0.225 e. The van der Waals surface area contributed by atoms with Crippen molar-refractivity contribution in [3.8, 4) is 0 Å². The summed E-state index contributed by atoms with van der Waals surface area (Å²) < 4.78 is 0. The molecule has 2 aliphatic carbocycles. The fraction of sp³-hybridized carbons (Fsp3) is 0.895. The average Bonchev–Trinajstić information content (AvgIpc) is 2.98. The van der Waals surface area contributed by atoms with Gasteiger partial charge < -0.3 is 10.2 Å². The molecule has 2 amide bonds. The van der Waals surface area contributed by atoms with Crippen LogP contribution in [-0.2, 0) is 9.59 Å². The van der Waals surface area contributed by atoms with Crippen LogP contribution >= 0.6 is 0 Å². The number of amides is 2. The summed E-state index contributed by atoms with van der Waals surface area (Å²) in [6, 6.07) is 0.302. The first-order valence-electron chi connectivity index (χ1n) is 9.83. The minimum Gasteiger partial charge on any atom is -0.353 e. The Morgan fingerprint density at radius 2 is 1.30 bits per heavy atom. The van der Waals surface area contributed by atoms with E-state index in [2.05, 4.69) is 10.2 Å². The van der Waals surface area contributed by atoms with Crippen LogP contribution in [0.25, 0.3) is 0 Å². The van der Waals surface area contributed by atoms with Crippen molar-refractivity contribution in [2.75, 3.05) is 13.1 Å². The van der Waals surface area contributed by atoms with E-state index in [0.29, 0.717) is 11.9 Å². The van der Waals surface area contributed by atoms with Gasteiger partial charge in [0.05, 0.1) is 0 Å². The summed E-state index contributed by atoms with van der Waals surface area (Å²) in [4.78, 5) is 27.0. The lowest BCUT2D eigenvalue weighted by Gasteiger charge is -2.32. The minimum atomic E-state index is 0.202. The van der Waals surface area contributed by atoms with Crippen LogP contribution < -0.4 is 5.32 Å². The van der Waals surface area contributed by atoms with Crippen LogP contribution in [0.5, 0.6) is 0 Å². The maximum atomic E-state index is 12.7. The number of likely N-dealkylation sites (tertiary alicyclic amines) is 1. The Labute approximate surface area is 140 Å². The van der Waals surface area contributed by atoms with Gasteiger partial charge in [-0.05, 0) is 51.4 Å². The molecule has 23 heavy (non-hydrogen) atoms. The molecule has 1 heterocycles. The lowest BCUT2D eigenvalue weighted by molar-refractivity contribution is -0.136. The number of hydrogen-bond acceptors (Lipinski definition) is 2. The normalized spacial score (nSPS) is 30.0.